The summed E-state index contributed by atoms with van der Waals surface area (Å²) in [5.41, 5.74) is 1.80. The number of aliphatic imine (C=N–C) groups is 1. The molecule has 0 aliphatic rings. The Morgan fingerprint density at radius 1 is 0.963 bits per heavy atom. The predicted molar refractivity (Wildman–Crippen MR) is 111 cm³/mol. The van der Waals surface area contributed by atoms with Crippen LogP contribution in [0.2, 0.25) is 10.0 Å². The van der Waals surface area contributed by atoms with E-state index in [4.69, 9.17) is 27.9 Å². The molecular weight excluding hydrogens is 383 g/mol. The summed E-state index contributed by atoms with van der Waals surface area (Å²) >= 11 is 12.4. The van der Waals surface area contributed by atoms with Crippen molar-refractivity contribution in [3.8, 4) is 11.5 Å². The fourth-order valence-electron chi connectivity index (χ4n) is 2.35. The molecule has 3 aromatic rings. The number of nitrogens with zero attached hydrogens (tertiary/aromatic N) is 1. The van der Waals surface area contributed by atoms with Crippen LogP contribution in [0.4, 0.5) is 11.4 Å². The maximum Gasteiger partial charge on any atom is 0.221 e. The first kappa shape index (κ1) is 19.0. The molecule has 1 N–H and O–H groups in total. The van der Waals surface area contributed by atoms with Crippen LogP contribution in [0.5, 0.6) is 11.5 Å². The van der Waals surface area contributed by atoms with E-state index in [1.54, 1.807) is 18.3 Å². The molecule has 3 rings (SSSR count). The topological polar surface area (TPSA) is 50.7 Å². The summed E-state index contributed by atoms with van der Waals surface area (Å²) in [5.74, 6) is 1.24. The molecule has 3 aromatic carbocycles. The molecule has 6 heteroatoms. The largest absolute Gasteiger partial charge is 0.457 e. The van der Waals surface area contributed by atoms with Crippen LogP contribution in [0, 0.1) is 0 Å². The number of amides is 1. The average molecular weight is 399 g/mol. The number of rotatable bonds is 5. The van der Waals surface area contributed by atoms with Gasteiger partial charge in [-0.3, -0.25) is 9.79 Å². The number of nitrogens with one attached hydrogen (secondary N) is 1. The highest BCUT2D eigenvalue weighted by Gasteiger charge is 2.08. The highest BCUT2D eigenvalue weighted by Crippen LogP contribution is 2.34. The number of para-hydroxylation sites is 1. The molecule has 0 bridgehead atoms. The van der Waals surface area contributed by atoms with Crippen LogP contribution in [0.25, 0.3) is 0 Å². The van der Waals surface area contributed by atoms with Crippen molar-refractivity contribution in [1.82, 2.24) is 0 Å². The first-order chi connectivity index (χ1) is 13.0. The molecule has 0 radical (unpaired) electrons. The van der Waals surface area contributed by atoms with Gasteiger partial charge in [0.25, 0.3) is 0 Å². The third kappa shape index (κ3) is 5.33. The summed E-state index contributed by atoms with van der Waals surface area (Å²) < 4.78 is 5.82. The van der Waals surface area contributed by atoms with Crippen molar-refractivity contribution in [1.29, 1.82) is 0 Å². The number of hydrogen-bond donors (Lipinski definition) is 1. The second kappa shape index (κ2) is 8.71. The summed E-state index contributed by atoms with van der Waals surface area (Å²) in [6.07, 6.45) is 1.67. The van der Waals surface area contributed by atoms with Crippen LogP contribution < -0.4 is 10.1 Å². The Morgan fingerprint density at radius 3 is 2.44 bits per heavy atom. The number of anilines is 1. The number of carbonyl (C=O) groups is 1. The highest BCUT2D eigenvalue weighted by molar-refractivity contribution is 6.37. The summed E-state index contributed by atoms with van der Waals surface area (Å²) in [5, 5.41) is 3.37. The third-order valence-corrected chi connectivity index (χ3v) is 4.15. The van der Waals surface area contributed by atoms with Crippen molar-refractivity contribution in [2.24, 2.45) is 4.99 Å². The van der Waals surface area contributed by atoms with E-state index >= 15 is 0 Å². The minimum atomic E-state index is -0.223. The van der Waals surface area contributed by atoms with E-state index in [9.17, 15) is 4.79 Å². The van der Waals surface area contributed by atoms with Crippen LogP contribution in [0.15, 0.2) is 71.7 Å². The molecule has 136 valence electrons. The van der Waals surface area contributed by atoms with E-state index < -0.39 is 0 Å². The van der Waals surface area contributed by atoms with Gasteiger partial charge in [-0.25, -0.2) is 0 Å². The van der Waals surface area contributed by atoms with E-state index in [0.29, 0.717) is 27.2 Å². The van der Waals surface area contributed by atoms with Crippen LogP contribution in [-0.2, 0) is 4.79 Å². The third-order valence-electron chi connectivity index (χ3n) is 3.54. The molecule has 0 fully saturated rings. The molecule has 0 aromatic heterocycles. The standard InChI is InChI=1S/C21H16Cl2N2O2/c1-14(26)25-21-12-18(22)20(11-19(21)23)24-13-15-6-5-9-17(10-15)27-16-7-3-2-4-8-16/h2-13H,1H3,(H,25,26). The van der Waals surface area contributed by atoms with Gasteiger partial charge < -0.3 is 10.1 Å². The maximum atomic E-state index is 11.2. The van der Waals surface area contributed by atoms with Gasteiger partial charge in [0, 0.05) is 13.1 Å². The Balaban J connectivity index is 1.79. The highest BCUT2D eigenvalue weighted by atomic mass is 35.5. The summed E-state index contributed by atoms with van der Waals surface area (Å²) in [6.45, 7) is 1.40. The zero-order valence-electron chi connectivity index (χ0n) is 14.4. The van der Waals surface area contributed by atoms with Crippen molar-refractivity contribution in [3.05, 3.63) is 82.3 Å². The molecule has 0 spiro atoms. The minimum absolute atomic E-state index is 0.223. The lowest BCUT2D eigenvalue weighted by Crippen LogP contribution is -2.06. The molecule has 27 heavy (non-hydrogen) atoms. The molecule has 4 nitrogen and oxygen atoms in total. The molecule has 0 unspecified atom stereocenters. The smallest absolute Gasteiger partial charge is 0.221 e. The maximum absolute atomic E-state index is 11.2. The van der Waals surface area contributed by atoms with Gasteiger partial charge in [0.05, 0.1) is 21.4 Å². The van der Waals surface area contributed by atoms with Gasteiger partial charge in [0.15, 0.2) is 0 Å². The Morgan fingerprint density at radius 2 is 1.70 bits per heavy atom. The fraction of sp³-hybridized carbons (Fsp3) is 0.0476. The fourth-order valence-corrected chi connectivity index (χ4v) is 2.77. The van der Waals surface area contributed by atoms with E-state index in [1.807, 2.05) is 54.6 Å². The van der Waals surface area contributed by atoms with Crippen molar-refractivity contribution >= 4 is 46.7 Å². The molecule has 0 heterocycles. The summed E-state index contributed by atoms with van der Waals surface area (Å²) in [6, 6.07) is 20.3. The van der Waals surface area contributed by atoms with Gasteiger partial charge in [-0.2, -0.15) is 0 Å². The Bertz CT molecular complexity index is 989. The first-order valence-corrected chi connectivity index (χ1v) is 8.90. The molecule has 1 amide bonds. The lowest BCUT2D eigenvalue weighted by molar-refractivity contribution is -0.114. The molecule has 0 aliphatic carbocycles. The monoisotopic (exact) mass is 398 g/mol. The average Bonchev–Trinajstić information content (AvgIpc) is 2.64. The quantitative estimate of drug-likeness (QED) is 0.498. The lowest BCUT2D eigenvalue weighted by atomic mass is 10.2. The Hall–Kier alpha value is -2.82. The van der Waals surface area contributed by atoms with Gasteiger partial charge in [0.1, 0.15) is 11.5 Å². The van der Waals surface area contributed by atoms with E-state index in [2.05, 4.69) is 10.3 Å². The Kier molecular flexibility index (Phi) is 6.12. The van der Waals surface area contributed by atoms with Crippen molar-refractivity contribution < 1.29 is 9.53 Å². The van der Waals surface area contributed by atoms with Crippen molar-refractivity contribution in [2.45, 2.75) is 6.92 Å². The number of ether oxygens (including phenoxy) is 1. The van der Waals surface area contributed by atoms with Crippen LogP contribution in [0.1, 0.15) is 12.5 Å². The lowest BCUT2D eigenvalue weighted by Gasteiger charge is -2.08. The van der Waals surface area contributed by atoms with Gasteiger partial charge in [-0.1, -0.05) is 53.5 Å². The number of hydrogen-bond acceptors (Lipinski definition) is 3. The molecule has 0 saturated carbocycles. The first-order valence-electron chi connectivity index (χ1n) is 8.15. The van der Waals surface area contributed by atoms with E-state index in [1.165, 1.54) is 6.92 Å². The zero-order chi connectivity index (χ0) is 19.2. The van der Waals surface area contributed by atoms with Gasteiger partial charge in [-0.15, -0.1) is 0 Å². The van der Waals surface area contributed by atoms with Crippen LogP contribution in [-0.4, -0.2) is 12.1 Å². The summed E-state index contributed by atoms with van der Waals surface area (Å²) in [7, 11) is 0. The second-order valence-corrected chi connectivity index (χ2v) is 6.52. The normalized spacial score (nSPS) is 10.8. The van der Waals surface area contributed by atoms with E-state index in [0.717, 1.165) is 11.3 Å². The number of benzene rings is 3. The zero-order valence-corrected chi connectivity index (χ0v) is 16.0. The van der Waals surface area contributed by atoms with Crippen LogP contribution in [0.3, 0.4) is 0 Å². The number of carbonyl (C=O) groups excluding carboxylic acids is 1. The molecule has 0 atom stereocenters. The van der Waals surface area contributed by atoms with Crippen molar-refractivity contribution in [2.75, 3.05) is 5.32 Å². The SMILES string of the molecule is CC(=O)Nc1cc(Cl)c(N=Cc2cccc(Oc3ccccc3)c2)cc1Cl. The van der Waals surface area contributed by atoms with Gasteiger partial charge in [-0.05, 0) is 42.0 Å². The second-order valence-electron chi connectivity index (χ2n) is 5.71. The van der Waals surface area contributed by atoms with Crippen molar-refractivity contribution in [3.63, 3.8) is 0 Å². The van der Waals surface area contributed by atoms with Gasteiger partial charge in [0.2, 0.25) is 5.91 Å². The predicted octanol–water partition coefficient (Wildman–Crippen LogP) is 6.49. The number of halogens is 2. The molecule has 0 saturated heterocycles. The van der Waals surface area contributed by atoms with Crippen LogP contribution >= 0.6 is 23.2 Å². The van der Waals surface area contributed by atoms with E-state index in [-0.39, 0.29) is 5.91 Å². The molecular formula is C21H16Cl2N2O2. The summed E-state index contributed by atoms with van der Waals surface area (Å²) in [4.78, 5) is 15.6. The van der Waals surface area contributed by atoms with Gasteiger partial charge >= 0.3 is 0 Å². The minimum Gasteiger partial charge on any atom is -0.457 e. The Labute approximate surface area is 167 Å². The molecule has 0 aliphatic heterocycles.